The lowest BCUT2D eigenvalue weighted by atomic mass is 10.1. The number of hydrogen-bond acceptors (Lipinski definition) is 3. The number of aromatic nitrogens is 1. The number of halogens is 3. The summed E-state index contributed by atoms with van der Waals surface area (Å²) in [6.07, 6.45) is -1.49. The van der Waals surface area contributed by atoms with Crippen LogP contribution in [0.15, 0.2) is 24.5 Å². The highest BCUT2D eigenvalue weighted by molar-refractivity contribution is 5.16. The van der Waals surface area contributed by atoms with Gasteiger partial charge in [0, 0.05) is 38.6 Å². The molecule has 1 saturated heterocycles. The van der Waals surface area contributed by atoms with Gasteiger partial charge in [-0.25, -0.2) is 0 Å². The van der Waals surface area contributed by atoms with Crippen LogP contribution in [0.1, 0.15) is 11.6 Å². The molecule has 1 fully saturated rings. The zero-order valence-electron chi connectivity index (χ0n) is 9.24. The average molecular weight is 245 g/mol. The number of alkyl halides is 3. The molecule has 2 heterocycles. The third kappa shape index (κ3) is 2.95. The molecule has 3 nitrogen and oxygen atoms in total. The van der Waals surface area contributed by atoms with Crippen LogP contribution in [0.25, 0.3) is 0 Å². The fourth-order valence-corrected chi connectivity index (χ4v) is 2.08. The molecule has 0 saturated carbocycles. The van der Waals surface area contributed by atoms with E-state index in [1.807, 2.05) is 0 Å². The minimum absolute atomic E-state index is 0.210. The number of pyridine rings is 1. The number of nitrogens with zero attached hydrogens (tertiary/aromatic N) is 2. The quantitative estimate of drug-likeness (QED) is 0.857. The Kier molecular flexibility index (Phi) is 3.63. The van der Waals surface area contributed by atoms with Crippen LogP contribution in [0, 0.1) is 0 Å². The second-order valence-corrected chi connectivity index (χ2v) is 4.02. The van der Waals surface area contributed by atoms with E-state index in [2.05, 4.69) is 10.3 Å². The molecule has 2 rings (SSSR count). The van der Waals surface area contributed by atoms with Crippen molar-refractivity contribution in [3.63, 3.8) is 0 Å². The Bertz CT molecular complexity index is 347. The molecule has 0 aliphatic carbocycles. The Morgan fingerprint density at radius 1 is 1.29 bits per heavy atom. The van der Waals surface area contributed by atoms with Crippen LogP contribution >= 0.6 is 0 Å². The van der Waals surface area contributed by atoms with Gasteiger partial charge < -0.3 is 5.32 Å². The molecule has 0 unspecified atom stereocenters. The molecule has 1 atom stereocenters. The maximum atomic E-state index is 13.1. The van der Waals surface area contributed by atoms with E-state index in [-0.39, 0.29) is 5.56 Å². The van der Waals surface area contributed by atoms with E-state index in [4.69, 9.17) is 0 Å². The molecule has 17 heavy (non-hydrogen) atoms. The summed E-state index contributed by atoms with van der Waals surface area (Å²) < 4.78 is 39.3. The topological polar surface area (TPSA) is 28.2 Å². The predicted molar refractivity (Wildman–Crippen MR) is 57.5 cm³/mol. The molecule has 1 aromatic heterocycles. The maximum absolute atomic E-state index is 13.1. The fraction of sp³-hybridized carbons (Fsp3) is 0.545. The molecule has 1 N–H and O–H groups in total. The zero-order chi connectivity index (χ0) is 12.3. The number of rotatable bonds is 2. The summed E-state index contributed by atoms with van der Waals surface area (Å²) in [5, 5.41) is 3.05. The Balaban J connectivity index is 2.25. The van der Waals surface area contributed by atoms with Crippen LogP contribution in [0.4, 0.5) is 13.2 Å². The molecule has 1 aliphatic heterocycles. The number of nitrogens with one attached hydrogen (secondary N) is 1. The van der Waals surface area contributed by atoms with Gasteiger partial charge in [0.05, 0.1) is 0 Å². The molecule has 0 spiro atoms. The molecule has 6 heteroatoms. The molecular formula is C11H14F3N3. The van der Waals surface area contributed by atoms with Crippen LogP contribution < -0.4 is 5.32 Å². The van der Waals surface area contributed by atoms with Gasteiger partial charge in [-0.1, -0.05) is 6.07 Å². The van der Waals surface area contributed by atoms with Crippen molar-refractivity contribution in [1.82, 2.24) is 15.2 Å². The standard InChI is InChI=1S/C11H14F3N3/c12-11(13,14)10(9-2-1-3-16-8-9)17-6-4-15-5-7-17/h1-3,8,10,15H,4-7H2/t10-/m0/s1. The summed E-state index contributed by atoms with van der Waals surface area (Å²) >= 11 is 0. The molecule has 1 aliphatic rings. The second-order valence-electron chi connectivity index (χ2n) is 4.02. The van der Waals surface area contributed by atoms with Gasteiger partial charge in [0.1, 0.15) is 6.04 Å². The highest BCUT2D eigenvalue weighted by Gasteiger charge is 2.44. The van der Waals surface area contributed by atoms with Crippen LogP contribution in [0.3, 0.4) is 0 Å². The van der Waals surface area contributed by atoms with E-state index in [0.29, 0.717) is 26.2 Å². The predicted octanol–water partition coefficient (Wildman–Crippen LogP) is 1.59. The molecular weight excluding hydrogens is 231 g/mol. The van der Waals surface area contributed by atoms with E-state index in [1.165, 1.54) is 29.4 Å². The minimum atomic E-state index is -4.26. The summed E-state index contributed by atoms with van der Waals surface area (Å²) in [6.45, 7) is 1.98. The average Bonchev–Trinajstić information content (AvgIpc) is 2.30. The number of piperazine rings is 1. The van der Waals surface area contributed by atoms with Crippen molar-refractivity contribution in [2.75, 3.05) is 26.2 Å². The summed E-state index contributed by atoms with van der Waals surface area (Å²) in [4.78, 5) is 5.22. The molecule has 0 radical (unpaired) electrons. The van der Waals surface area contributed by atoms with Gasteiger partial charge >= 0.3 is 6.18 Å². The van der Waals surface area contributed by atoms with E-state index >= 15 is 0 Å². The lowest BCUT2D eigenvalue weighted by Crippen LogP contribution is -2.49. The molecule has 0 aromatic carbocycles. The summed E-state index contributed by atoms with van der Waals surface area (Å²) in [7, 11) is 0. The van der Waals surface area contributed by atoms with Gasteiger partial charge in [-0.05, 0) is 11.6 Å². The third-order valence-electron chi connectivity index (χ3n) is 2.83. The van der Waals surface area contributed by atoms with Crippen LogP contribution in [-0.2, 0) is 0 Å². The SMILES string of the molecule is FC(F)(F)[C@H](c1cccnc1)N1CCNCC1. The van der Waals surface area contributed by atoms with Gasteiger partial charge in [0.25, 0.3) is 0 Å². The van der Waals surface area contributed by atoms with E-state index < -0.39 is 12.2 Å². The molecule has 94 valence electrons. The molecule has 1 aromatic rings. The first-order chi connectivity index (χ1) is 8.09. The van der Waals surface area contributed by atoms with Gasteiger partial charge in [0.2, 0.25) is 0 Å². The first-order valence-electron chi connectivity index (χ1n) is 5.50. The van der Waals surface area contributed by atoms with E-state index in [1.54, 1.807) is 0 Å². The Hall–Kier alpha value is -1.14. The van der Waals surface area contributed by atoms with Crippen LogP contribution in [-0.4, -0.2) is 42.2 Å². The lowest BCUT2D eigenvalue weighted by Gasteiger charge is -2.35. The Morgan fingerprint density at radius 2 is 2.00 bits per heavy atom. The van der Waals surface area contributed by atoms with Crippen molar-refractivity contribution in [2.24, 2.45) is 0 Å². The summed E-state index contributed by atoms with van der Waals surface area (Å²) in [6, 6.07) is 1.47. The van der Waals surface area contributed by atoms with E-state index in [9.17, 15) is 13.2 Å². The Labute approximate surface area is 97.6 Å². The van der Waals surface area contributed by atoms with Crippen molar-refractivity contribution in [3.05, 3.63) is 30.1 Å². The lowest BCUT2D eigenvalue weighted by molar-refractivity contribution is -0.188. The van der Waals surface area contributed by atoms with Gasteiger partial charge in [0.15, 0.2) is 0 Å². The first-order valence-corrected chi connectivity index (χ1v) is 5.50. The highest BCUT2D eigenvalue weighted by Crippen LogP contribution is 2.37. The van der Waals surface area contributed by atoms with E-state index in [0.717, 1.165) is 0 Å². The maximum Gasteiger partial charge on any atom is 0.408 e. The zero-order valence-corrected chi connectivity index (χ0v) is 9.24. The van der Waals surface area contributed by atoms with Crippen molar-refractivity contribution in [2.45, 2.75) is 12.2 Å². The number of hydrogen-bond donors (Lipinski definition) is 1. The van der Waals surface area contributed by atoms with Crippen molar-refractivity contribution >= 4 is 0 Å². The second kappa shape index (κ2) is 5.01. The largest absolute Gasteiger partial charge is 0.408 e. The van der Waals surface area contributed by atoms with Gasteiger partial charge in [-0.3, -0.25) is 9.88 Å². The highest BCUT2D eigenvalue weighted by atomic mass is 19.4. The van der Waals surface area contributed by atoms with Crippen molar-refractivity contribution in [3.8, 4) is 0 Å². The normalized spacial score (nSPS) is 20.2. The smallest absolute Gasteiger partial charge is 0.314 e. The fourth-order valence-electron chi connectivity index (χ4n) is 2.08. The van der Waals surface area contributed by atoms with Crippen LogP contribution in [0.5, 0.6) is 0 Å². The van der Waals surface area contributed by atoms with Crippen LogP contribution in [0.2, 0.25) is 0 Å². The Morgan fingerprint density at radius 3 is 2.53 bits per heavy atom. The van der Waals surface area contributed by atoms with Crippen molar-refractivity contribution in [1.29, 1.82) is 0 Å². The third-order valence-corrected chi connectivity index (χ3v) is 2.83. The molecule has 0 amide bonds. The minimum Gasteiger partial charge on any atom is -0.314 e. The van der Waals surface area contributed by atoms with Gasteiger partial charge in [-0.2, -0.15) is 13.2 Å². The van der Waals surface area contributed by atoms with Crippen molar-refractivity contribution < 1.29 is 13.2 Å². The first kappa shape index (κ1) is 12.3. The van der Waals surface area contributed by atoms with Gasteiger partial charge in [-0.15, -0.1) is 0 Å². The monoisotopic (exact) mass is 245 g/mol. The molecule has 0 bridgehead atoms. The summed E-state index contributed by atoms with van der Waals surface area (Å²) in [5.74, 6) is 0. The summed E-state index contributed by atoms with van der Waals surface area (Å²) in [5.41, 5.74) is 0.210.